The van der Waals surface area contributed by atoms with E-state index < -0.39 is 23.5 Å². The van der Waals surface area contributed by atoms with E-state index in [0.717, 1.165) is 27.2 Å². The minimum Gasteiger partial charge on any atom is -0.306 e. The van der Waals surface area contributed by atoms with Crippen LogP contribution in [0.3, 0.4) is 0 Å². The van der Waals surface area contributed by atoms with Crippen LogP contribution < -0.4 is 5.32 Å². The monoisotopic (exact) mass is 397 g/mol. The first kappa shape index (κ1) is 16.8. The summed E-state index contributed by atoms with van der Waals surface area (Å²) >= 11 is 10.7. The molecule has 0 bridgehead atoms. The van der Waals surface area contributed by atoms with Gasteiger partial charge in [-0.15, -0.1) is 11.3 Å². The lowest BCUT2D eigenvalue weighted by molar-refractivity contribution is 0.442. The van der Waals surface area contributed by atoms with Crippen molar-refractivity contribution in [3.63, 3.8) is 0 Å². The van der Waals surface area contributed by atoms with Gasteiger partial charge in [-0.3, -0.25) is 0 Å². The van der Waals surface area contributed by atoms with Gasteiger partial charge in [-0.25, -0.2) is 13.2 Å². The molecule has 1 aromatic heterocycles. The van der Waals surface area contributed by atoms with Gasteiger partial charge in [0, 0.05) is 4.88 Å². The lowest BCUT2D eigenvalue weighted by atomic mass is 10.0. The van der Waals surface area contributed by atoms with Gasteiger partial charge in [0.25, 0.3) is 0 Å². The summed E-state index contributed by atoms with van der Waals surface area (Å²) < 4.78 is 40.7. The summed E-state index contributed by atoms with van der Waals surface area (Å²) in [5.41, 5.74) is 0.324. The van der Waals surface area contributed by atoms with E-state index in [2.05, 4.69) is 21.2 Å². The van der Waals surface area contributed by atoms with Gasteiger partial charge < -0.3 is 5.32 Å². The lowest BCUT2D eigenvalue weighted by Crippen LogP contribution is -2.22. The van der Waals surface area contributed by atoms with E-state index in [4.69, 9.17) is 11.6 Å². The summed E-state index contributed by atoms with van der Waals surface area (Å²) in [6, 6.07) is 3.30. The first-order valence-electron chi connectivity index (χ1n) is 6.26. The molecule has 0 radical (unpaired) electrons. The van der Waals surface area contributed by atoms with Crippen molar-refractivity contribution in [2.75, 3.05) is 6.54 Å². The van der Waals surface area contributed by atoms with Crippen LogP contribution in [-0.4, -0.2) is 6.54 Å². The minimum absolute atomic E-state index is 0.324. The fourth-order valence-corrected chi connectivity index (χ4v) is 3.77. The summed E-state index contributed by atoms with van der Waals surface area (Å²) in [7, 11) is 0. The summed E-state index contributed by atoms with van der Waals surface area (Å²) in [6.45, 7) is 2.63. The maximum Gasteiger partial charge on any atom is 0.194 e. The summed E-state index contributed by atoms with van der Waals surface area (Å²) in [5, 5.41) is 3.72. The van der Waals surface area contributed by atoms with Crippen molar-refractivity contribution < 1.29 is 13.2 Å². The number of nitrogens with one attached hydrogen (secondary N) is 1. The van der Waals surface area contributed by atoms with Crippen LogP contribution in [0.4, 0.5) is 13.2 Å². The first-order valence-corrected chi connectivity index (χ1v) is 8.25. The molecule has 7 heteroatoms. The van der Waals surface area contributed by atoms with Crippen molar-refractivity contribution in [3.05, 3.63) is 54.9 Å². The molecule has 1 nitrogen and oxygen atoms in total. The van der Waals surface area contributed by atoms with E-state index in [1.165, 1.54) is 11.3 Å². The lowest BCUT2D eigenvalue weighted by Gasteiger charge is -2.18. The molecule has 114 valence electrons. The van der Waals surface area contributed by atoms with Crippen LogP contribution in [0.2, 0.25) is 5.02 Å². The highest BCUT2D eigenvalue weighted by Crippen LogP contribution is 2.37. The quantitative estimate of drug-likeness (QED) is 0.640. The van der Waals surface area contributed by atoms with Crippen molar-refractivity contribution in [1.29, 1.82) is 0 Å². The van der Waals surface area contributed by atoms with E-state index in [0.29, 0.717) is 17.1 Å². The molecule has 1 N–H and O–H groups in total. The highest BCUT2D eigenvalue weighted by molar-refractivity contribution is 9.11. The van der Waals surface area contributed by atoms with Gasteiger partial charge in [0.15, 0.2) is 17.5 Å². The predicted octanol–water partition coefficient (Wildman–Crippen LogP) is 5.67. The number of rotatable bonds is 5. The van der Waals surface area contributed by atoms with Crippen LogP contribution in [0.1, 0.15) is 29.8 Å². The Morgan fingerprint density at radius 1 is 1.24 bits per heavy atom. The molecule has 0 aliphatic heterocycles. The highest BCUT2D eigenvalue weighted by Gasteiger charge is 2.21. The van der Waals surface area contributed by atoms with Crippen molar-refractivity contribution >= 4 is 38.9 Å². The summed E-state index contributed by atoms with van der Waals surface area (Å²) in [4.78, 5) is 0.797. The Hall–Kier alpha value is -0.560. The number of thiophene rings is 1. The Balaban J connectivity index is 2.45. The van der Waals surface area contributed by atoms with E-state index in [1.54, 1.807) is 6.07 Å². The van der Waals surface area contributed by atoms with Gasteiger partial charge in [-0.1, -0.05) is 18.5 Å². The van der Waals surface area contributed by atoms with Crippen molar-refractivity contribution in [1.82, 2.24) is 5.32 Å². The molecule has 0 saturated heterocycles. The Morgan fingerprint density at radius 3 is 2.33 bits per heavy atom. The standard InChI is InChI=1S/C14H12BrClF3NS/c1-2-3-20-13(11-6-8(16)14(15)21-11)7-4-9(17)12(19)10(18)5-7/h4-6,13,20H,2-3H2,1H3. The topological polar surface area (TPSA) is 12.0 Å². The zero-order valence-electron chi connectivity index (χ0n) is 11.0. The fraction of sp³-hybridized carbons (Fsp3) is 0.286. The van der Waals surface area contributed by atoms with E-state index >= 15 is 0 Å². The molecule has 0 aliphatic rings. The molecule has 0 saturated carbocycles. The average molecular weight is 399 g/mol. The van der Waals surface area contributed by atoms with E-state index in [-0.39, 0.29) is 0 Å². The van der Waals surface area contributed by atoms with Crippen molar-refractivity contribution in [3.8, 4) is 0 Å². The maximum atomic E-state index is 13.4. The van der Waals surface area contributed by atoms with Gasteiger partial charge in [-0.05, 0) is 52.7 Å². The number of benzene rings is 1. The molecule has 2 aromatic rings. The molecule has 1 atom stereocenters. The Labute approximate surface area is 138 Å². The zero-order chi connectivity index (χ0) is 15.6. The van der Waals surface area contributed by atoms with Gasteiger partial charge in [0.05, 0.1) is 14.9 Å². The van der Waals surface area contributed by atoms with Crippen molar-refractivity contribution in [2.45, 2.75) is 19.4 Å². The molecule has 1 unspecified atom stereocenters. The van der Waals surface area contributed by atoms with Crippen LogP contribution >= 0.6 is 38.9 Å². The molecule has 21 heavy (non-hydrogen) atoms. The summed E-state index contributed by atoms with van der Waals surface area (Å²) in [6.07, 6.45) is 0.850. The Kier molecular flexibility index (Phi) is 5.71. The molecule has 0 spiro atoms. The average Bonchev–Trinajstić information content (AvgIpc) is 2.76. The molecule has 0 amide bonds. The van der Waals surface area contributed by atoms with Gasteiger partial charge in [0.1, 0.15) is 0 Å². The van der Waals surface area contributed by atoms with Crippen LogP contribution in [0.5, 0.6) is 0 Å². The van der Waals surface area contributed by atoms with Crippen LogP contribution in [0.25, 0.3) is 0 Å². The Morgan fingerprint density at radius 2 is 1.86 bits per heavy atom. The molecule has 1 aromatic carbocycles. The highest BCUT2D eigenvalue weighted by atomic mass is 79.9. The second kappa shape index (κ2) is 7.13. The SMILES string of the molecule is CCCNC(c1cc(F)c(F)c(F)c1)c1cc(Cl)c(Br)s1. The Bertz CT molecular complexity index is 605. The van der Waals surface area contributed by atoms with Crippen LogP contribution in [0, 0.1) is 17.5 Å². The van der Waals surface area contributed by atoms with E-state index in [9.17, 15) is 13.2 Å². The third-order valence-corrected chi connectivity index (χ3v) is 5.43. The van der Waals surface area contributed by atoms with Gasteiger partial charge in [-0.2, -0.15) is 0 Å². The fourth-order valence-electron chi connectivity index (χ4n) is 1.92. The molecule has 1 heterocycles. The smallest absolute Gasteiger partial charge is 0.194 e. The second-order valence-electron chi connectivity index (χ2n) is 4.46. The summed E-state index contributed by atoms with van der Waals surface area (Å²) in [5.74, 6) is -3.86. The second-order valence-corrected chi connectivity index (χ2v) is 7.26. The van der Waals surface area contributed by atoms with Gasteiger partial charge >= 0.3 is 0 Å². The zero-order valence-corrected chi connectivity index (χ0v) is 14.2. The molecule has 0 fully saturated rings. The third-order valence-electron chi connectivity index (χ3n) is 2.89. The number of halogens is 5. The third kappa shape index (κ3) is 3.80. The maximum absolute atomic E-state index is 13.4. The van der Waals surface area contributed by atoms with E-state index in [1.807, 2.05) is 6.92 Å². The largest absolute Gasteiger partial charge is 0.306 e. The predicted molar refractivity (Wildman–Crippen MR) is 83.5 cm³/mol. The first-order chi connectivity index (χ1) is 9.93. The molecule has 0 aliphatic carbocycles. The van der Waals surface area contributed by atoms with Crippen LogP contribution in [0.15, 0.2) is 22.0 Å². The number of hydrogen-bond donors (Lipinski definition) is 1. The van der Waals surface area contributed by atoms with Crippen LogP contribution in [-0.2, 0) is 0 Å². The van der Waals surface area contributed by atoms with Gasteiger partial charge in [0.2, 0.25) is 0 Å². The van der Waals surface area contributed by atoms with Crippen molar-refractivity contribution in [2.24, 2.45) is 0 Å². The molecular formula is C14H12BrClF3NS. The molecule has 2 rings (SSSR count). The minimum atomic E-state index is -1.46. The normalized spacial score (nSPS) is 12.7. The molecular weight excluding hydrogens is 387 g/mol. The number of hydrogen-bond acceptors (Lipinski definition) is 2.